The van der Waals surface area contributed by atoms with Gasteiger partial charge in [-0.15, -0.1) is 0 Å². The Morgan fingerprint density at radius 1 is 1.05 bits per heavy atom. The van der Waals surface area contributed by atoms with Crippen LogP contribution in [0.3, 0.4) is 0 Å². The molecule has 0 saturated carbocycles. The van der Waals surface area contributed by atoms with Gasteiger partial charge in [0.25, 0.3) is 5.91 Å². The molecule has 0 aliphatic carbocycles. The van der Waals surface area contributed by atoms with E-state index in [2.05, 4.69) is 31.2 Å². The number of rotatable bonds is 3. The first-order valence-electron chi connectivity index (χ1n) is 6.78. The van der Waals surface area contributed by atoms with Crippen LogP contribution in [0.15, 0.2) is 48.5 Å². The maximum atomic E-state index is 12.3. The van der Waals surface area contributed by atoms with Gasteiger partial charge in [-0.2, -0.15) is 0 Å². The quantitative estimate of drug-likeness (QED) is 0.812. The number of hydrogen-bond acceptors (Lipinski definition) is 1. The van der Waals surface area contributed by atoms with Crippen molar-refractivity contribution in [1.82, 2.24) is 0 Å². The number of nitrogens with zero attached hydrogens (tertiary/aromatic N) is 1. The largest absolute Gasteiger partial charge is 0.304 e. The lowest BCUT2D eigenvalue weighted by atomic mass is 10.1. The van der Waals surface area contributed by atoms with Crippen LogP contribution < -0.4 is 4.90 Å². The summed E-state index contributed by atoms with van der Waals surface area (Å²) in [6.45, 7) is 2.86. The van der Waals surface area contributed by atoms with Crippen LogP contribution in [0.5, 0.6) is 0 Å². The fourth-order valence-corrected chi connectivity index (χ4v) is 2.59. The Bertz CT molecular complexity index is 601. The van der Waals surface area contributed by atoms with E-state index in [1.54, 1.807) is 0 Å². The molecule has 0 atom stereocenters. The lowest BCUT2D eigenvalue weighted by molar-refractivity contribution is 0.0996. The molecular weight excluding hydrogens is 234 g/mol. The minimum absolute atomic E-state index is 0.110. The average Bonchev–Trinajstić information content (AvgIpc) is 2.78. The Labute approximate surface area is 113 Å². The van der Waals surface area contributed by atoms with Crippen LogP contribution in [-0.2, 0) is 13.0 Å². The van der Waals surface area contributed by atoms with Gasteiger partial charge >= 0.3 is 0 Å². The molecule has 0 fully saturated rings. The van der Waals surface area contributed by atoms with Crippen molar-refractivity contribution in [3.8, 4) is 0 Å². The number of carbonyl (C=O) groups excluding carboxylic acids is 1. The third kappa shape index (κ3) is 2.14. The van der Waals surface area contributed by atoms with Crippen LogP contribution >= 0.6 is 0 Å². The van der Waals surface area contributed by atoms with E-state index in [1.165, 1.54) is 5.56 Å². The predicted octanol–water partition coefficient (Wildman–Crippen LogP) is 3.80. The van der Waals surface area contributed by atoms with Gasteiger partial charge in [0, 0.05) is 11.3 Å². The summed E-state index contributed by atoms with van der Waals surface area (Å²) in [5, 5.41) is 0. The predicted molar refractivity (Wildman–Crippen MR) is 77.4 cm³/mol. The minimum atomic E-state index is 0.110. The summed E-state index contributed by atoms with van der Waals surface area (Å²) >= 11 is 0. The molecule has 0 spiro atoms. The molecule has 0 unspecified atom stereocenters. The molecule has 2 aromatic carbocycles. The van der Waals surface area contributed by atoms with E-state index in [1.807, 2.05) is 29.2 Å². The average molecular weight is 251 g/mol. The Kier molecular flexibility index (Phi) is 3.08. The molecule has 1 aliphatic rings. The maximum absolute atomic E-state index is 12.3. The van der Waals surface area contributed by atoms with Gasteiger partial charge < -0.3 is 4.90 Å². The first-order chi connectivity index (χ1) is 9.29. The molecule has 96 valence electrons. The molecule has 1 aliphatic heterocycles. The van der Waals surface area contributed by atoms with E-state index in [-0.39, 0.29) is 5.91 Å². The van der Waals surface area contributed by atoms with Gasteiger partial charge in [-0.05, 0) is 35.7 Å². The standard InChI is InChI=1S/C17H17NO/c1-2-5-13-8-10-15(11-9-13)18-12-14-6-3-4-7-16(14)17(18)19/h3-4,6-11H,2,5,12H2,1H3. The zero-order chi connectivity index (χ0) is 13.2. The van der Waals surface area contributed by atoms with E-state index in [0.717, 1.165) is 29.7 Å². The molecule has 1 amide bonds. The van der Waals surface area contributed by atoms with Crippen molar-refractivity contribution in [2.45, 2.75) is 26.3 Å². The minimum Gasteiger partial charge on any atom is -0.304 e. The lowest BCUT2D eigenvalue weighted by Gasteiger charge is -2.16. The van der Waals surface area contributed by atoms with E-state index in [0.29, 0.717) is 6.54 Å². The third-order valence-electron chi connectivity index (χ3n) is 3.61. The Morgan fingerprint density at radius 2 is 1.79 bits per heavy atom. The number of fused-ring (bicyclic) bond motifs is 1. The van der Waals surface area contributed by atoms with Gasteiger partial charge in [0.1, 0.15) is 0 Å². The van der Waals surface area contributed by atoms with Crippen molar-refractivity contribution < 1.29 is 4.79 Å². The lowest BCUT2D eigenvalue weighted by Crippen LogP contribution is -2.22. The van der Waals surface area contributed by atoms with Crippen molar-refractivity contribution in [3.63, 3.8) is 0 Å². The number of anilines is 1. The fraction of sp³-hybridized carbons (Fsp3) is 0.235. The second kappa shape index (κ2) is 4.88. The van der Waals surface area contributed by atoms with Gasteiger partial charge in [-0.25, -0.2) is 0 Å². The summed E-state index contributed by atoms with van der Waals surface area (Å²) in [6, 6.07) is 16.2. The highest BCUT2D eigenvalue weighted by Gasteiger charge is 2.27. The van der Waals surface area contributed by atoms with Crippen LogP contribution in [-0.4, -0.2) is 5.91 Å². The Morgan fingerprint density at radius 3 is 2.47 bits per heavy atom. The van der Waals surface area contributed by atoms with Crippen molar-refractivity contribution in [2.24, 2.45) is 0 Å². The van der Waals surface area contributed by atoms with Crippen molar-refractivity contribution >= 4 is 11.6 Å². The number of amides is 1. The third-order valence-corrected chi connectivity index (χ3v) is 3.61. The zero-order valence-electron chi connectivity index (χ0n) is 11.1. The maximum Gasteiger partial charge on any atom is 0.258 e. The summed E-state index contributed by atoms with van der Waals surface area (Å²) in [4.78, 5) is 14.2. The first kappa shape index (κ1) is 12.0. The normalized spacial score (nSPS) is 13.7. The van der Waals surface area contributed by atoms with Crippen LogP contribution in [0, 0.1) is 0 Å². The number of hydrogen-bond donors (Lipinski definition) is 0. The van der Waals surface area contributed by atoms with E-state index >= 15 is 0 Å². The molecule has 3 rings (SSSR count). The molecule has 2 nitrogen and oxygen atoms in total. The van der Waals surface area contributed by atoms with Crippen LogP contribution in [0.25, 0.3) is 0 Å². The fourth-order valence-electron chi connectivity index (χ4n) is 2.59. The molecule has 0 N–H and O–H groups in total. The van der Waals surface area contributed by atoms with Crippen LogP contribution in [0.1, 0.15) is 34.8 Å². The summed E-state index contributed by atoms with van der Waals surface area (Å²) < 4.78 is 0. The molecule has 0 bridgehead atoms. The molecular formula is C17H17NO. The zero-order valence-corrected chi connectivity index (χ0v) is 11.1. The van der Waals surface area contributed by atoms with Gasteiger partial charge in [-0.1, -0.05) is 43.7 Å². The Balaban J connectivity index is 1.87. The second-order valence-electron chi connectivity index (χ2n) is 4.96. The van der Waals surface area contributed by atoms with Gasteiger partial charge in [-0.3, -0.25) is 4.79 Å². The van der Waals surface area contributed by atoms with E-state index in [4.69, 9.17) is 0 Å². The molecule has 0 radical (unpaired) electrons. The molecule has 2 heteroatoms. The number of carbonyl (C=O) groups is 1. The van der Waals surface area contributed by atoms with E-state index in [9.17, 15) is 4.79 Å². The van der Waals surface area contributed by atoms with Crippen LogP contribution in [0.2, 0.25) is 0 Å². The van der Waals surface area contributed by atoms with Gasteiger partial charge in [0.2, 0.25) is 0 Å². The smallest absolute Gasteiger partial charge is 0.258 e. The second-order valence-corrected chi connectivity index (χ2v) is 4.96. The molecule has 19 heavy (non-hydrogen) atoms. The van der Waals surface area contributed by atoms with E-state index < -0.39 is 0 Å². The van der Waals surface area contributed by atoms with Gasteiger partial charge in [0.05, 0.1) is 6.54 Å². The molecule has 2 aromatic rings. The molecule has 0 aromatic heterocycles. The molecule has 1 heterocycles. The number of aryl methyl sites for hydroxylation is 1. The summed E-state index contributed by atoms with van der Waals surface area (Å²) in [5.74, 6) is 0.110. The summed E-state index contributed by atoms with van der Waals surface area (Å²) in [6.07, 6.45) is 2.24. The summed E-state index contributed by atoms with van der Waals surface area (Å²) in [7, 11) is 0. The SMILES string of the molecule is CCCc1ccc(N2Cc3ccccc3C2=O)cc1. The number of benzene rings is 2. The highest BCUT2D eigenvalue weighted by atomic mass is 16.2. The topological polar surface area (TPSA) is 20.3 Å². The van der Waals surface area contributed by atoms with Crippen molar-refractivity contribution in [3.05, 3.63) is 65.2 Å². The van der Waals surface area contributed by atoms with Crippen molar-refractivity contribution in [1.29, 1.82) is 0 Å². The summed E-state index contributed by atoms with van der Waals surface area (Å²) in [5.41, 5.74) is 4.27. The highest BCUT2D eigenvalue weighted by molar-refractivity contribution is 6.09. The monoisotopic (exact) mass is 251 g/mol. The highest BCUT2D eigenvalue weighted by Crippen LogP contribution is 2.28. The first-order valence-corrected chi connectivity index (χ1v) is 6.78. The Hall–Kier alpha value is -2.09. The van der Waals surface area contributed by atoms with Crippen molar-refractivity contribution in [2.75, 3.05) is 4.90 Å². The van der Waals surface area contributed by atoms with Crippen LogP contribution in [0.4, 0.5) is 5.69 Å². The molecule has 0 saturated heterocycles. The van der Waals surface area contributed by atoms with Gasteiger partial charge in [0.15, 0.2) is 0 Å².